The maximum Gasteiger partial charge on any atom is 0.227 e. The Balaban J connectivity index is 1.39. The monoisotopic (exact) mass is 378 g/mol. The van der Waals surface area contributed by atoms with Crippen molar-refractivity contribution < 1.29 is 4.74 Å². The highest BCUT2D eigenvalue weighted by Gasteiger charge is 2.27. The Morgan fingerprint density at radius 2 is 2.11 bits per heavy atom. The van der Waals surface area contributed by atoms with E-state index in [1.165, 1.54) is 5.56 Å². The third kappa shape index (κ3) is 4.24. The molecule has 2 fully saturated rings. The average molecular weight is 378 g/mol. The van der Waals surface area contributed by atoms with Crippen LogP contribution in [-0.2, 0) is 11.3 Å². The second-order valence-corrected chi connectivity index (χ2v) is 7.41. The summed E-state index contributed by atoms with van der Waals surface area (Å²) in [6.07, 6.45) is 2.95. The van der Waals surface area contributed by atoms with Gasteiger partial charge in [0.1, 0.15) is 5.82 Å². The van der Waals surface area contributed by atoms with E-state index in [9.17, 15) is 0 Å². The van der Waals surface area contributed by atoms with Crippen LogP contribution in [0.15, 0.2) is 36.5 Å². The molecule has 0 aliphatic carbocycles. The molecule has 0 N–H and O–H groups in total. The third-order valence-electron chi connectivity index (χ3n) is 5.54. The van der Waals surface area contributed by atoms with Crippen molar-refractivity contribution >= 4 is 11.8 Å². The number of benzene rings is 1. The quantitative estimate of drug-likeness (QED) is 0.787. The van der Waals surface area contributed by atoms with Crippen molar-refractivity contribution in [1.29, 1.82) is 5.26 Å². The van der Waals surface area contributed by atoms with E-state index < -0.39 is 0 Å². The molecule has 7 heteroatoms. The predicted octanol–water partition coefficient (Wildman–Crippen LogP) is 1.90. The molecular formula is C21H26N6O. The summed E-state index contributed by atoms with van der Waals surface area (Å²) in [6.45, 7) is 6.06. The van der Waals surface area contributed by atoms with Crippen molar-refractivity contribution in [3.05, 3.63) is 47.7 Å². The van der Waals surface area contributed by atoms with Crippen molar-refractivity contribution in [2.75, 3.05) is 56.2 Å². The summed E-state index contributed by atoms with van der Waals surface area (Å²) in [4.78, 5) is 16.2. The van der Waals surface area contributed by atoms with E-state index in [1.807, 2.05) is 30.5 Å². The smallest absolute Gasteiger partial charge is 0.227 e. The average Bonchev–Trinajstić information content (AvgIpc) is 3.22. The molecule has 2 aliphatic rings. The minimum Gasteiger partial charge on any atom is -0.378 e. The molecule has 0 amide bonds. The Labute approximate surface area is 166 Å². The van der Waals surface area contributed by atoms with E-state index in [1.54, 1.807) is 0 Å². The molecule has 0 bridgehead atoms. The van der Waals surface area contributed by atoms with Crippen LogP contribution >= 0.6 is 0 Å². The molecule has 146 valence electrons. The lowest BCUT2D eigenvalue weighted by atomic mass is 10.1. The molecule has 1 unspecified atom stereocenters. The van der Waals surface area contributed by atoms with Gasteiger partial charge in [-0.05, 0) is 30.2 Å². The van der Waals surface area contributed by atoms with Crippen LogP contribution in [0.5, 0.6) is 0 Å². The van der Waals surface area contributed by atoms with E-state index in [2.05, 4.69) is 38.9 Å². The van der Waals surface area contributed by atoms with Gasteiger partial charge in [0.25, 0.3) is 0 Å². The molecule has 2 aromatic rings. The number of hydrogen-bond donors (Lipinski definition) is 0. The molecular weight excluding hydrogens is 352 g/mol. The van der Waals surface area contributed by atoms with Gasteiger partial charge in [0.2, 0.25) is 5.95 Å². The third-order valence-corrected chi connectivity index (χ3v) is 5.54. The topological polar surface area (TPSA) is 68.5 Å². The Bertz CT molecular complexity index is 845. The Hall–Kier alpha value is -2.69. The van der Waals surface area contributed by atoms with E-state index in [-0.39, 0.29) is 0 Å². The number of nitrogens with zero attached hydrogens (tertiary/aromatic N) is 6. The number of hydrogen-bond acceptors (Lipinski definition) is 7. The molecule has 1 aromatic heterocycles. The van der Waals surface area contributed by atoms with Gasteiger partial charge in [0.15, 0.2) is 0 Å². The molecule has 0 saturated carbocycles. The molecule has 0 radical (unpaired) electrons. The maximum atomic E-state index is 9.09. The number of likely N-dealkylation sites (tertiary alicyclic amines) is 1. The van der Waals surface area contributed by atoms with Crippen LogP contribution in [0, 0.1) is 11.3 Å². The van der Waals surface area contributed by atoms with E-state index in [0.29, 0.717) is 6.04 Å². The van der Waals surface area contributed by atoms with E-state index >= 15 is 0 Å². The van der Waals surface area contributed by atoms with Crippen molar-refractivity contribution in [3.8, 4) is 6.07 Å². The lowest BCUT2D eigenvalue weighted by molar-refractivity contribution is 0.122. The zero-order chi connectivity index (χ0) is 19.3. The fourth-order valence-corrected chi connectivity index (χ4v) is 3.91. The first kappa shape index (κ1) is 18.7. The summed E-state index contributed by atoms with van der Waals surface area (Å²) in [5, 5.41) is 9.09. The Morgan fingerprint density at radius 3 is 2.93 bits per heavy atom. The first-order valence-corrected chi connectivity index (χ1v) is 9.83. The second-order valence-electron chi connectivity index (χ2n) is 7.41. The molecule has 28 heavy (non-hydrogen) atoms. The Morgan fingerprint density at radius 1 is 1.25 bits per heavy atom. The summed E-state index contributed by atoms with van der Waals surface area (Å²) in [5.74, 6) is 1.76. The number of likely N-dealkylation sites (N-methyl/N-ethyl adjacent to an activating group) is 1. The van der Waals surface area contributed by atoms with E-state index in [4.69, 9.17) is 15.0 Å². The molecule has 2 aliphatic heterocycles. The predicted molar refractivity (Wildman–Crippen MR) is 108 cm³/mol. The fourth-order valence-electron chi connectivity index (χ4n) is 3.91. The summed E-state index contributed by atoms with van der Waals surface area (Å²) < 4.78 is 5.42. The molecule has 1 aromatic carbocycles. The zero-order valence-corrected chi connectivity index (χ0v) is 16.3. The van der Waals surface area contributed by atoms with Crippen LogP contribution in [0.25, 0.3) is 0 Å². The summed E-state index contributed by atoms with van der Waals surface area (Å²) in [5.41, 5.74) is 1.92. The number of anilines is 2. The molecule has 1 atom stereocenters. The number of ether oxygens (including phenoxy) is 1. The Kier molecular flexibility index (Phi) is 5.70. The van der Waals surface area contributed by atoms with Gasteiger partial charge in [-0.15, -0.1) is 0 Å². The fraction of sp³-hybridized carbons (Fsp3) is 0.476. The van der Waals surface area contributed by atoms with Gasteiger partial charge >= 0.3 is 0 Å². The van der Waals surface area contributed by atoms with Crippen molar-refractivity contribution in [1.82, 2.24) is 14.9 Å². The van der Waals surface area contributed by atoms with Crippen LogP contribution in [0.4, 0.5) is 11.8 Å². The first-order chi connectivity index (χ1) is 13.7. The number of nitriles is 1. The first-order valence-electron chi connectivity index (χ1n) is 9.83. The largest absolute Gasteiger partial charge is 0.378 e. The normalized spacial score (nSPS) is 20.1. The summed E-state index contributed by atoms with van der Waals surface area (Å²) in [7, 11) is 2.12. The number of aromatic nitrogens is 2. The van der Waals surface area contributed by atoms with Gasteiger partial charge in [-0.3, -0.25) is 4.90 Å². The number of rotatable bonds is 5. The van der Waals surface area contributed by atoms with Gasteiger partial charge in [-0.25, -0.2) is 4.98 Å². The van der Waals surface area contributed by atoms with Gasteiger partial charge in [-0.2, -0.15) is 10.2 Å². The highest BCUT2D eigenvalue weighted by molar-refractivity contribution is 5.44. The standard InChI is InChI=1S/C21H26N6O/c1-25(20-5-7-23-21(24-20)27-9-11-28-12-10-27)19-6-8-26(16-19)15-18-4-2-3-17(13-18)14-22/h2-5,7,13,19H,6,8-12,15-16H2,1H3. The van der Waals surface area contributed by atoms with Crippen LogP contribution in [0.3, 0.4) is 0 Å². The van der Waals surface area contributed by atoms with Crippen molar-refractivity contribution in [2.24, 2.45) is 0 Å². The maximum absolute atomic E-state index is 9.09. The van der Waals surface area contributed by atoms with Crippen LogP contribution in [-0.4, -0.2) is 67.4 Å². The van der Waals surface area contributed by atoms with Gasteiger partial charge in [0.05, 0.1) is 24.8 Å². The summed E-state index contributed by atoms with van der Waals surface area (Å²) >= 11 is 0. The van der Waals surface area contributed by atoms with Crippen molar-refractivity contribution in [2.45, 2.75) is 19.0 Å². The zero-order valence-electron chi connectivity index (χ0n) is 16.3. The van der Waals surface area contributed by atoms with E-state index in [0.717, 1.165) is 69.7 Å². The minimum atomic E-state index is 0.423. The van der Waals surface area contributed by atoms with Crippen LogP contribution < -0.4 is 9.80 Å². The number of morpholine rings is 1. The van der Waals surface area contributed by atoms with Gasteiger partial charge in [-0.1, -0.05) is 12.1 Å². The second kappa shape index (κ2) is 8.55. The molecule has 3 heterocycles. The minimum absolute atomic E-state index is 0.423. The van der Waals surface area contributed by atoms with Crippen molar-refractivity contribution in [3.63, 3.8) is 0 Å². The van der Waals surface area contributed by atoms with Gasteiger partial charge in [0, 0.05) is 52.0 Å². The van der Waals surface area contributed by atoms with Crippen LogP contribution in [0.1, 0.15) is 17.5 Å². The van der Waals surface area contributed by atoms with Crippen LogP contribution in [0.2, 0.25) is 0 Å². The summed E-state index contributed by atoms with van der Waals surface area (Å²) in [6, 6.07) is 12.5. The SMILES string of the molecule is CN(c1ccnc(N2CCOCC2)n1)C1CCN(Cc2cccc(C#N)c2)C1. The van der Waals surface area contributed by atoms with Gasteiger partial charge < -0.3 is 14.5 Å². The molecule has 0 spiro atoms. The lowest BCUT2D eigenvalue weighted by Gasteiger charge is -2.29. The molecule has 2 saturated heterocycles. The molecule has 7 nitrogen and oxygen atoms in total. The highest BCUT2D eigenvalue weighted by atomic mass is 16.5. The molecule has 4 rings (SSSR count). The lowest BCUT2D eigenvalue weighted by Crippen LogP contribution is -2.38. The highest BCUT2D eigenvalue weighted by Crippen LogP contribution is 2.23.